The minimum atomic E-state index is -0.765. The number of allylic oxidation sites excluding steroid dienone is 1. The van der Waals surface area contributed by atoms with Gasteiger partial charge in [0.25, 0.3) is 0 Å². The molecule has 7 atom stereocenters. The van der Waals surface area contributed by atoms with Gasteiger partial charge in [0.15, 0.2) is 0 Å². The van der Waals surface area contributed by atoms with E-state index in [1.807, 2.05) is 40.7 Å². The molecule has 3 aliphatic heterocycles. The highest BCUT2D eigenvalue weighted by molar-refractivity contribution is 8.02. The molecule has 208 valence electrons. The van der Waals surface area contributed by atoms with Crippen LogP contribution in [0.5, 0.6) is 0 Å². The van der Waals surface area contributed by atoms with Crippen LogP contribution in [0.25, 0.3) is 0 Å². The number of hydrogen-bond acceptors (Lipinski definition) is 6. The molecule has 37 heavy (non-hydrogen) atoms. The van der Waals surface area contributed by atoms with E-state index in [2.05, 4.69) is 20.1 Å². The van der Waals surface area contributed by atoms with Gasteiger partial charge in [-0.1, -0.05) is 32.9 Å². The number of likely N-dealkylation sites (tertiary alicyclic amines) is 1. The number of rotatable bonds is 12. The van der Waals surface area contributed by atoms with E-state index in [1.165, 1.54) is 0 Å². The third-order valence-electron chi connectivity index (χ3n) is 8.44. The Morgan fingerprint density at radius 2 is 1.95 bits per heavy atom. The molecule has 7 nitrogen and oxygen atoms in total. The van der Waals surface area contributed by atoms with Crippen molar-refractivity contribution in [1.29, 1.82) is 0 Å². The molecule has 0 saturated carbocycles. The number of hydrogen-bond donors (Lipinski definition) is 1. The third-order valence-corrected chi connectivity index (χ3v) is 10.5. The molecule has 2 bridgehead atoms. The number of fused-ring (bicyclic) bond motifs is 1. The Hall–Kier alpha value is -1.80. The fourth-order valence-corrected chi connectivity index (χ4v) is 9.01. The highest BCUT2D eigenvalue weighted by Gasteiger charge is 2.77. The molecule has 0 aromatic carbocycles. The van der Waals surface area contributed by atoms with Crippen LogP contribution in [-0.4, -0.2) is 80.1 Å². The van der Waals surface area contributed by atoms with Crippen LogP contribution in [0.2, 0.25) is 0 Å². The maximum Gasteiger partial charge on any atom is 0.310 e. The summed E-state index contributed by atoms with van der Waals surface area (Å²) in [6, 6.07) is -1.28. The smallest absolute Gasteiger partial charge is 0.310 e. The average Bonchev–Trinajstić information content (AvgIpc) is 3.40. The summed E-state index contributed by atoms with van der Waals surface area (Å²) in [5, 5.41) is 10.3. The summed E-state index contributed by atoms with van der Waals surface area (Å²) in [6.45, 7) is 20.0. The molecular weight excluding hydrogens is 488 g/mol. The van der Waals surface area contributed by atoms with Crippen molar-refractivity contribution >= 4 is 29.5 Å². The second-order valence-electron chi connectivity index (χ2n) is 12.2. The number of ether oxygens (including phenoxy) is 1. The summed E-state index contributed by atoms with van der Waals surface area (Å²) in [6.07, 6.45) is 6.82. The lowest BCUT2D eigenvalue weighted by atomic mass is 9.66. The Morgan fingerprint density at radius 1 is 1.27 bits per heavy atom. The molecule has 0 radical (unpaired) electrons. The van der Waals surface area contributed by atoms with E-state index >= 15 is 0 Å². The Bertz CT molecular complexity index is 899. The van der Waals surface area contributed by atoms with Crippen molar-refractivity contribution in [2.24, 2.45) is 23.7 Å². The van der Waals surface area contributed by atoms with Crippen LogP contribution in [-0.2, 0) is 19.1 Å². The molecule has 0 aliphatic carbocycles. The molecule has 1 N–H and O–H groups in total. The van der Waals surface area contributed by atoms with Gasteiger partial charge in [-0.15, -0.1) is 24.9 Å². The highest BCUT2D eigenvalue weighted by Crippen LogP contribution is 2.69. The predicted molar refractivity (Wildman–Crippen MR) is 148 cm³/mol. The minimum Gasteiger partial charge on any atom is -0.465 e. The van der Waals surface area contributed by atoms with E-state index in [9.17, 15) is 19.5 Å². The Morgan fingerprint density at radius 3 is 2.49 bits per heavy atom. The molecule has 2 amide bonds. The normalized spacial score (nSPS) is 31.4. The molecule has 3 aliphatic rings. The molecule has 0 aromatic rings. The molecule has 3 heterocycles. The van der Waals surface area contributed by atoms with Crippen LogP contribution >= 0.6 is 11.8 Å². The number of esters is 1. The van der Waals surface area contributed by atoms with Crippen LogP contribution in [0.1, 0.15) is 67.2 Å². The molecule has 3 fully saturated rings. The molecule has 3 unspecified atom stereocenters. The Kier molecular flexibility index (Phi) is 9.26. The molecule has 3 rings (SSSR count). The summed E-state index contributed by atoms with van der Waals surface area (Å²) in [5.74, 6) is -1.89. The van der Waals surface area contributed by atoms with Crippen LogP contribution < -0.4 is 0 Å². The Balaban J connectivity index is 2.05. The van der Waals surface area contributed by atoms with E-state index < -0.39 is 34.2 Å². The third kappa shape index (κ3) is 5.12. The largest absolute Gasteiger partial charge is 0.465 e. The van der Waals surface area contributed by atoms with Gasteiger partial charge in [0.2, 0.25) is 11.8 Å². The number of carbonyl (C=O) groups excluding carboxylic acids is 3. The van der Waals surface area contributed by atoms with Crippen molar-refractivity contribution in [3.63, 3.8) is 0 Å². The van der Waals surface area contributed by atoms with Gasteiger partial charge in [-0.25, -0.2) is 0 Å². The molecular formula is C29H46N2O5S. The second-order valence-corrected chi connectivity index (χ2v) is 13.7. The van der Waals surface area contributed by atoms with Crippen molar-refractivity contribution in [1.82, 2.24) is 9.80 Å². The minimum absolute atomic E-state index is 0.0591. The number of carbonyl (C=O) groups is 3. The van der Waals surface area contributed by atoms with Gasteiger partial charge < -0.3 is 19.6 Å². The molecule has 3 saturated heterocycles. The lowest BCUT2D eigenvalue weighted by Crippen LogP contribution is -2.62. The zero-order valence-corrected chi connectivity index (χ0v) is 24.3. The van der Waals surface area contributed by atoms with E-state index in [4.69, 9.17) is 4.74 Å². The van der Waals surface area contributed by atoms with Crippen LogP contribution in [0.4, 0.5) is 0 Å². The van der Waals surface area contributed by atoms with Gasteiger partial charge in [-0.05, 0) is 58.3 Å². The van der Waals surface area contributed by atoms with Gasteiger partial charge in [0.05, 0.1) is 35.8 Å². The fourth-order valence-electron chi connectivity index (χ4n) is 6.62. The molecule has 0 aromatic heterocycles. The van der Waals surface area contributed by atoms with Gasteiger partial charge in [0.1, 0.15) is 6.04 Å². The van der Waals surface area contributed by atoms with E-state index in [-0.39, 0.29) is 41.5 Å². The monoisotopic (exact) mass is 534 g/mol. The molecule has 1 spiro atoms. The van der Waals surface area contributed by atoms with Crippen LogP contribution in [0, 0.1) is 23.7 Å². The van der Waals surface area contributed by atoms with Crippen molar-refractivity contribution in [2.45, 2.75) is 94.8 Å². The number of nitrogens with zero attached hydrogens (tertiary/aromatic N) is 2. The summed E-state index contributed by atoms with van der Waals surface area (Å²) in [4.78, 5) is 45.6. The maximum absolute atomic E-state index is 14.5. The summed E-state index contributed by atoms with van der Waals surface area (Å²) in [7, 11) is 0. The first-order chi connectivity index (χ1) is 17.4. The number of aliphatic hydroxyl groups is 1. The summed E-state index contributed by atoms with van der Waals surface area (Å²) >= 11 is 1.64. The van der Waals surface area contributed by atoms with Crippen LogP contribution in [0.15, 0.2) is 25.3 Å². The van der Waals surface area contributed by atoms with E-state index in [0.29, 0.717) is 13.2 Å². The van der Waals surface area contributed by atoms with Gasteiger partial charge in [0, 0.05) is 17.3 Å². The van der Waals surface area contributed by atoms with E-state index in [0.717, 1.165) is 25.7 Å². The maximum atomic E-state index is 14.5. The van der Waals surface area contributed by atoms with Crippen molar-refractivity contribution in [2.75, 3.05) is 19.8 Å². The number of unbranched alkanes of at least 4 members (excludes halogenated alkanes) is 2. The van der Waals surface area contributed by atoms with Crippen LogP contribution in [0.3, 0.4) is 0 Å². The number of aliphatic hydroxyl groups excluding tert-OH is 1. The van der Waals surface area contributed by atoms with Gasteiger partial charge in [-0.3, -0.25) is 14.4 Å². The fraction of sp³-hybridized carbons (Fsp3) is 0.759. The summed E-state index contributed by atoms with van der Waals surface area (Å²) in [5.41, 5.74) is -0.491. The highest BCUT2D eigenvalue weighted by atomic mass is 32.2. The topological polar surface area (TPSA) is 87.1 Å². The summed E-state index contributed by atoms with van der Waals surface area (Å²) < 4.78 is 4.97. The zero-order valence-electron chi connectivity index (χ0n) is 23.4. The lowest BCUT2D eigenvalue weighted by molar-refractivity contribution is -0.155. The Labute approximate surface area is 227 Å². The first-order valence-electron chi connectivity index (χ1n) is 13.7. The van der Waals surface area contributed by atoms with Gasteiger partial charge >= 0.3 is 5.97 Å². The second kappa shape index (κ2) is 11.5. The van der Waals surface area contributed by atoms with Crippen molar-refractivity contribution in [3.8, 4) is 0 Å². The number of thioether (sulfide) groups is 1. The van der Waals surface area contributed by atoms with Crippen molar-refractivity contribution in [3.05, 3.63) is 25.3 Å². The van der Waals surface area contributed by atoms with E-state index in [1.54, 1.807) is 27.6 Å². The van der Waals surface area contributed by atoms with Crippen molar-refractivity contribution < 1.29 is 24.2 Å². The van der Waals surface area contributed by atoms with Gasteiger partial charge in [-0.2, -0.15) is 0 Å². The number of amides is 2. The average molecular weight is 535 g/mol. The SMILES string of the molecule is C=CCCCCOC(=O)[C@@H]1[C@H]2C(=O)N([C@@H](CO)C(C)C)C(C(=O)N(CC=C)C(C)(C)C)C23S[C@@H]1CC3C. The predicted octanol–water partition coefficient (Wildman–Crippen LogP) is 4.05. The first kappa shape index (κ1) is 29.8. The molecule has 8 heteroatoms. The standard InChI is InChI=1S/C29H46N2O5S/c1-9-11-12-13-15-36-27(35)22-21-16-19(5)29(37-21)23(22)25(33)31(20(17-32)18(3)4)24(29)26(34)30(14-10-2)28(6,7)8/h9-10,18-24,32H,1-2,11-17H2,3-8H3/t19?,20-,21+,22-,23-,24?,29?/m0/s1. The lowest BCUT2D eigenvalue weighted by Gasteiger charge is -2.45. The first-order valence-corrected chi connectivity index (χ1v) is 14.6. The zero-order chi connectivity index (χ0) is 27.7. The quantitative estimate of drug-likeness (QED) is 0.231.